The van der Waals surface area contributed by atoms with Gasteiger partial charge in [-0.15, -0.1) is 0 Å². The highest BCUT2D eigenvalue weighted by Crippen LogP contribution is 2.42. The van der Waals surface area contributed by atoms with E-state index in [2.05, 4.69) is 14.7 Å². The smallest absolute Gasteiger partial charge is 0.387 e. The van der Waals surface area contributed by atoms with Gasteiger partial charge in [0.05, 0.1) is 42.0 Å². The van der Waals surface area contributed by atoms with Crippen LogP contribution < -0.4 is 14.4 Å². The minimum absolute atomic E-state index is 0.118. The van der Waals surface area contributed by atoms with Crippen molar-refractivity contribution in [3.63, 3.8) is 0 Å². The standard InChI is InChI=1S/C16H15F2N3O3/c1-16(2)13-11(4-5-12(20-13)23-3)14(22)21(16)9-6-10(8-19-7-9)24-15(17)18/h4-8,15H,1-3H3. The van der Waals surface area contributed by atoms with Gasteiger partial charge in [0, 0.05) is 12.1 Å². The van der Waals surface area contributed by atoms with E-state index in [0.29, 0.717) is 22.8 Å². The minimum Gasteiger partial charge on any atom is -0.481 e. The van der Waals surface area contributed by atoms with Gasteiger partial charge in [0.25, 0.3) is 5.91 Å². The predicted molar refractivity (Wildman–Crippen MR) is 81.5 cm³/mol. The molecule has 0 unspecified atom stereocenters. The van der Waals surface area contributed by atoms with Gasteiger partial charge in [0.2, 0.25) is 5.88 Å². The maximum Gasteiger partial charge on any atom is 0.387 e. The second-order valence-corrected chi connectivity index (χ2v) is 5.71. The lowest BCUT2D eigenvalue weighted by molar-refractivity contribution is -0.0500. The number of carbonyl (C=O) groups is 1. The lowest BCUT2D eigenvalue weighted by Crippen LogP contribution is -2.39. The van der Waals surface area contributed by atoms with Crippen molar-refractivity contribution in [3.05, 3.63) is 41.9 Å². The Morgan fingerprint density at radius 1 is 1.25 bits per heavy atom. The molecule has 1 aliphatic rings. The van der Waals surface area contributed by atoms with Crippen LogP contribution in [0.2, 0.25) is 0 Å². The molecule has 24 heavy (non-hydrogen) atoms. The fraction of sp³-hybridized carbons (Fsp3) is 0.312. The molecular formula is C16H15F2N3O3. The Morgan fingerprint density at radius 3 is 2.67 bits per heavy atom. The molecule has 6 nitrogen and oxygen atoms in total. The zero-order valence-corrected chi connectivity index (χ0v) is 13.3. The van der Waals surface area contributed by atoms with Crippen LogP contribution in [0.25, 0.3) is 0 Å². The summed E-state index contributed by atoms with van der Waals surface area (Å²) >= 11 is 0. The highest BCUT2D eigenvalue weighted by atomic mass is 19.3. The summed E-state index contributed by atoms with van der Waals surface area (Å²) in [6.07, 6.45) is 2.58. The molecule has 2 aromatic rings. The van der Waals surface area contributed by atoms with Gasteiger partial charge >= 0.3 is 6.61 Å². The molecule has 0 radical (unpaired) electrons. The lowest BCUT2D eigenvalue weighted by atomic mass is 9.99. The van der Waals surface area contributed by atoms with Crippen molar-refractivity contribution >= 4 is 11.6 Å². The molecule has 0 spiro atoms. The second kappa shape index (κ2) is 5.70. The first kappa shape index (κ1) is 16.1. The molecule has 1 aliphatic heterocycles. The van der Waals surface area contributed by atoms with E-state index >= 15 is 0 Å². The number of halogens is 2. The van der Waals surface area contributed by atoms with Gasteiger partial charge in [-0.25, -0.2) is 4.98 Å². The molecule has 2 aromatic heterocycles. The number of alkyl halides is 2. The number of hydrogen-bond acceptors (Lipinski definition) is 5. The van der Waals surface area contributed by atoms with E-state index in [1.165, 1.54) is 24.3 Å². The molecule has 3 heterocycles. The third kappa shape index (κ3) is 2.53. The average Bonchev–Trinajstić information content (AvgIpc) is 2.73. The number of amides is 1. The number of hydrogen-bond donors (Lipinski definition) is 0. The molecule has 0 N–H and O–H groups in total. The summed E-state index contributed by atoms with van der Waals surface area (Å²) in [5, 5.41) is 0. The first-order chi connectivity index (χ1) is 11.3. The van der Waals surface area contributed by atoms with Crippen molar-refractivity contribution < 1.29 is 23.0 Å². The number of pyridine rings is 2. The van der Waals surface area contributed by atoms with Crippen molar-refractivity contribution in [1.82, 2.24) is 9.97 Å². The van der Waals surface area contributed by atoms with Crippen LogP contribution in [0.15, 0.2) is 30.6 Å². The summed E-state index contributed by atoms with van der Waals surface area (Å²) in [7, 11) is 1.49. The van der Waals surface area contributed by atoms with Crippen LogP contribution in [0.5, 0.6) is 11.6 Å². The van der Waals surface area contributed by atoms with E-state index in [9.17, 15) is 13.6 Å². The SMILES string of the molecule is COc1ccc2c(n1)C(C)(C)N(c1cncc(OC(F)F)c1)C2=O. The van der Waals surface area contributed by atoms with E-state index in [4.69, 9.17) is 4.74 Å². The Kier molecular flexibility index (Phi) is 3.82. The highest BCUT2D eigenvalue weighted by Gasteiger charge is 2.45. The second-order valence-electron chi connectivity index (χ2n) is 5.71. The molecule has 1 amide bonds. The van der Waals surface area contributed by atoms with Crippen LogP contribution >= 0.6 is 0 Å². The number of methoxy groups -OCH3 is 1. The highest BCUT2D eigenvalue weighted by molar-refractivity contribution is 6.11. The van der Waals surface area contributed by atoms with Crippen molar-refractivity contribution in [1.29, 1.82) is 0 Å². The van der Waals surface area contributed by atoms with Crippen molar-refractivity contribution in [2.75, 3.05) is 12.0 Å². The quantitative estimate of drug-likeness (QED) is 0.859. The molecule has 0 fully saturated rings. The van der Waals surface area contributed by atoms with Crippen LogP contribution in [0.1, 0.15) is 29.9 Å². The van der Waals surface area contributed by atoms with Crippen molar-refractivity contribution in [2.45, 2.75) is 26.0 Å². The summed E-state index contributed by atoms with van der Waals surface area (Å²) in [6.45, 7) is 0.653. The molecular weight excluding hydrogens is 320 g/mol. The van der Waals surface area contributed by atoms with E-state index in [0.717, 1.165) is 6.20 Å². The van der Waals surface area contributed by atoms with Crippen LogP contribution in [-0.2, 0) is 5.54 Å². The summed E-state index contributed by atoms with van der Waals surface area (Å²) in [5.41, 5.74) is 0.527. The van der Waals surface area contributed by atoms with E-state index in [1.54, 1.807) is 12.1 Å². The number of fused-ring (bicyclic) bond motifs is 1. The third-order valence-corrected chi connectivity index (χ3v) is 3.83. The average molecular weight is 335 g/mol. The molecule has 0 bridgehead atoms. The van der Waals surface area contributed by atoms with E-state index < -0.39 is 12.2 Å². The number of nitrogens with zero attached hydrogens (tertiary/aromatic N) is 3. The molecule has 0 atom stereocenters. The largest absolute Gasteiger partial charge is 0.481 e. The van der Waals surface area contributed by atoms with Gasteiger partial charge in [-0.05, 0) is 19.9 Å². The van der Waals surface area contributed by atoms with Gasteiger partial charge in [-0.3, -0.25) is 14.7 Å². The van der Waals surface area contributed by atoms with E-state index in [-0.39, 0.29) is 11.7 Å². The van der Waals surface area contributed by atoms with Crippen molar-refractivity contribution in [2.24, 2.45) is 0 Å². The first-order valence-electron chi connectivity index (χ1n) is 7.14. The fourth-order valence-corrected chi connectivity index (χ4v) is 2.81. The monoisotopic (exact) mass is 335 g/mol. The Labute approximate surface area is 137 Å². The molecule has 8 heteroatoms. The zero-order chi connectivity index (χ0) is 17.5. The zero-order valence-electron chi connectivity index (χ0n) is 13.3. The summed E-state index contributed by atoms with van der Waals surface area (Å²) < 4.78 is 34.3. The molecule has 0 saturated carbocycles. The Morgan fingerprint density at radius 2 is 2.00 bits per heavy atom. The Hall–Kier alpha value is -2.77. The van der Waals surface area contributed by atoms with Gasteiger partial charge in [0.1, 0.15) is 5.75 Å². The number of aromatic nitrogens is 2. The maximum atomic E-state index is 12.8. The van der Waals surface area contributed by atoms with E-state index in [1.807, 2.05) is 13.8 Å². The summed E-state index contributed by atoms with van der Waals surface area (Å²) in [6, 6.07) is 4.59. The normalized spacial score (nSPS) is 15.6. The Bertz CT molecular complexity index is 796. The lowest BCUT2D eigenvalue weighted by Gasteiger charge is -2.31. The van der Waals surface area contributed by atoms with Crippen LogP contribution in [0.4, 0.5) is 14.5 Å². The topological polar surface area (TPSA) is 64.6 Å². The van der Waals surface area contributed by atoms with Gasteiger partial charge in [0.15, 0.2) is 0 Å². The first-order valence-corrected chi connectivity index (χ1v) is 7.14. The van der Waals surface area contributed by atoms with Gasteiger partial charge in [-0.1, -0.05) is 0 Å². The molecule has 0 aliphatic carbocycles. The summed E-state index contributed by atoms with van der Waals surface area (Å²) in [5.74, 6) is -0.0156. The number of anilines is 1. The van der Waals surface area contributed by atoms with Crippen LogP contribution in [0.3, 0.4) is 0 Å². The summed E-state index contributed by atoms with van der Waals surface area (Å²) in [4.78, 5) is 22.5. The number of rotatable bonds is 4. The molecule has 0 saturated heterocycles. The molecule has 126 valence electrons. The van der Waals surface area contributed by atoms with Crippen LogP contribution in [-0.4, -0.2) is 29.6 Å². The van der Waals surface area contributed by atoms with Crippen molar-refractivity contribution in [3.8, 4) is 11.6 Å². The van der Waals surface area contributed by atoms with Crippen LogP contribution in [0, 0.1) is 0 Å². The minimum atomic E-state index is -2.97. The Balaban J connectivity index is 2.05. The third-order valence-electron chi connectivity index (χ3n) is 3.83. The van der Waals surface area contributed by atoms with Gasteiger partial charge in [-0.2, -0.15) is 8.78 Å². The predicted octanol–water partition coefficient (Wildman–Crippen LogP) is 2.98. The number of ether oxygens (including phenoxy) is 2. The molecule has 3 rings (SSSR count). The maximum absolute atomic E-state index is 12.8. The molecule has 0 aromatic carbocycles. The van der Waals surface area contributed by atoms with Gasteiger partial charge < -0.3 is 9.47 Å². The number of carbonyl (C=O) groups excluding carboxylic acids is 1. The fourth-order valence-electron chi connectivity index (χ4n) is 2.81.